The number of carbonyl (C=O) groups is 1. The molecule has 2 aliphatic heterocycles. The molecule has 3 aliphatic rings. The summed E-state index contributed by atoms with van der Waals surface area (Å²) in [5.74, 6) is -0.0776. The van der Waals surface area contributed by atoms with Gasteiger partial charge in [-0.15, -0.1) is 0 Å². The highest BCUT2D eigenvalue weighted by atomic mass is 19.1. The number of halogens is 1. The SMILES string of the molecule is O=C(NC1CCCCC1)[C@@H]1Cc2ccccc2N2CCN(c3ccc(F)cc3)C[C@H]12. The van der Waals surface area contributed by atoms with Crippen LogP contribution < -0.4 is 15.1 Å². The molecule has 2 aromatic carbocycles. The minimum Gasteiger partial charge on any atom is -0.368 e. The highest BCUT2D eigenvalue weighted by molar-refractivity contribution is 5.82. The van der Waals surface area contributed by atoms with Gasteiger partial charge in [0.05, 0.1) is 12.0 Å². The molecule has 1 aliphatic carbocycles. The lowest BCUT2D eigenvalue weighted by atomic mass is 9.82. The summed E-state index contributed by atoms with van der Waals surface area (Å²) in [5.41, 5.74) is 3.57. The number of amides is 1. The Labute approximate surface area is 178 Å². The van der Waals surface area contributed by atoms with Gasteiger partial charge in [0.2, 0.25) is 5.91 Å². The smallest absolute Gasteiger partial charge is 0.225 e. The Bertz CT molecular complexity index is 894. The summed E-state index contributed by atoms with van der Waals surface area (Å²) in [6.07, 6.45) is 6.70. The molecule has 0 bridgehead atoms. The fourth-order valence-electron chi connectivity index (χ4n) is 5.50. The van der Waals surface area contributed by atoms with Gasteiger partial charge in [-0.2, -0.15) is 0 Å². The van der Waals surface area contributed by atoms with Crippen LogP contribution in [0.1, 0.15) is 37.7 Å². The van der Waals surface area contributed by atoms with Gasteiger partial charge in [0.25, 0.3) is 0 Å². The molecule has 2 aromatic rings. The van der Waals surface area contributed by atoms with Crippen LogP contribution in [-0.2, 0) is 11.2 Å². The number of benzene rings is 2. The third-order valence-corrected chi connectivity index (χ3v) is 7.10. The number of carbonyl (C=O) groups excluding carboxylic acids is 1. The van der Waals surface area contributed by atoms with Crippen LogP contribution in [0.2, 0.25) is 0 Å². The van der Waals surface area contributed by atoms with Crippen molar-refractivity contribution in [2.75, 3.05) is 29.4 Å². The zero-order valence-corrected chi connectivity index (χ0v) is 17.4. The van der Waals surface area contributed by atoms with Gasteiger partial charge < -0.3 is 15.1 Å². The quantitative estimate of drug-likeness (QED) is 0.831. The lowest BCUT2D eigenvalue weighted by Gasteiger charge is -2.50. The summed E-state index contributed by atoms with van der Waals surface area (Å²) < 4.78 is 13.4. The van der Waals surface area contributed by atoms with Gasteiger partial charge in [0.15, 0.2) is 0 Å². The lowest BCUT2D eigenvalue weighted by molar-refractivity contribution is -0.126. The van der Waals surface area contributed by atoms with Crippen LogP contribution in [0.3, 0.4) is 0 Å². The molecule has 0 spiro atoms. The summed E-state index contributed by atoms with van der Waals surface area (Å²) in [6, 6.07) is 15.7. The van der Waals surface area contributed by atoms with E-state index >= 15 is 0 Å². The van der Waals surface area contributed by atoms with Crippen LogP contribution in [0.25, 0.3) is 0 Å². The van der Waals surface area contributed by atoms with E-state index in [9.17, 15) is 9.18 Å². The number of rotatable bonds is 3. The van der Waals surface area contributed by atoms with E-state index in [0.717, 1.165) is 44.6 Å². The predicted octanol–water partition coefficient (Wildman–Crippen LogP) is 4.14. The molecule has 30 heavy (non-hydrogen) atoms. The first kappa shape index (κ1) is 19.4. The number of fused-ring (bicyclic) bond motifs is 3. The normalized spacial score (nSPS) is 24.2. The van der Waals surface area contributed by atoms with Crippen molar-refractivity contribution in [2.45, 2.75) is 50.6 Å². The van der Waals surface area contributed by atoms with E-state index in [4.69, 9.17) is 0 Å². The van der Waals surface area contributed by atoms with E-state index in [2.05, 4.69) is 39.4 Å². The number of piperazine rings is 1. The molecule has 2 fully saturated rings. The van der Waals surface area contributed by atoms with Crippen molar-refractivity contribution in [3.8, 4) is 0 Å². The summed E-state index contributed by atoms with van der Waals surface area (Å²) in [4.78, 5) is 18.1. The summed E-state index contributed by atoms with van der Waals surface area (Å²) in [5, 5.41) is 3.38. The molecular weight excluding hydrogens is 377 g/mol. The van der Waals surface area contributed by atoms with Gasteiger partial charge >= 0.3 is 0 Å². The van der Waals surface area contributed by atoms with Crippen LogP contribution in [0.5, 0.6) is 0 Å². The van der Waals surface area contributed by atoms with Crippen LogP contribution in [0.4, 0.5) is 15.8 Å². The largest absolute Gasteiger partial charge is 0.368 e. The van der Waals surface area contributed by atoms with Crippen LogP contribution >= 0.6 is 0 Å². The highest BCUT2D eigenvalue weighted by Crippen LogP contribution is 2.37. The first-order valence-corrected chi connectivity index (χ1v) is 11.3. The number of hydrogen-bond donors (Lipinski definition) is 1. The molecule has 2 atom stereocenters. The third kappa shape index (κ3) is 3.78. The number of anilines is 2. The maximum atomic E-state index is 13.4. The Balaban J connectivity index is 1.40. The summed E-state index contributed by atoms with van der Waals surface area (Å²) in [6.45, 7) is 2.52. The van der Waals surface area contributed by atoms with Gasteiger partial charge in [-0.3, -0.25) is 4.79 Å². The van der Waals surface area contributed by atoms with Gasteiger partial charge in [0, 0.05) is 37.1 Å². The molecule has 5 rings (SSSR count). The third-order valence-electron chi connectivity index (χ3n) is 7.10. The van der Waals surface area contributed by atoms with E-state index in [1.54, 1.807) is 0 Å². The first-order valence-electron chi connectivity index (χ1n) is 11.3. The fraction of sp³-hybridized carbons (Fsp3) is 0.480. The molecule has 0 aromatic heterocycles. The van der Waals surface area contributed by atoms with Crippen molar-refractivity contribution in [1.29, 1.82) is 0 Å². The van der Waals surface area contributed by atoms with Crippen molar-refractivity contribution in [1.82, 2.24) is 5.32 Å². The second kappa shape index (κ2) is 8.29. The van der Waals surface area contributed by atoms with Crippen LogP contribution in [0.15, 0.2) is 48.5 Å². The zero-order chi connectivity index (χ0) is 20.5. The highest BCUT2D eigenvalue weighted by Gasteiger charge is 2.41. The van der Waals surface area contributed by atoms with Crippen molar-refractivity contribution in [3.05, 3.63) is 59.9 Å². The minimum absolute atomic E-state index is 0.0647. The molecular formula is C25H30FN3O. The molecule has 5 heteroatoms. The maximum absolute atomic E-state index is 13.4. The van der Waals surface area contributed by atoms with E-state index in [0.29, 0.717) is 6.04 Å². The van der Waals surface area contributed by atoms with Crippen molar-refractivity contribution >= 4 is 17.3 Å². The number of nitrogens with zero attached hydrogens (tertiary/aromatic N) is 2. The number of para-hydroxylation sites is 1. The van der Waals surface area contributed by atoms with Crippen molar-refractivity contribution in [3.63, 3.8) is 0 Å². The van der Waals surface area contributed by atoms with Crippen LogP contribution in [-0.4, -0.2) is 37.6 Å². The Morgan fingerprint density at radius 1 is 0.967 bits per heavy atom. The summed E-state index contributed by atoms with van der Waals surface area (Å²) >= 11 is 0. The summed E-state index contributed by atoms with van der Waals surface area (Å²) in [7, 11) is 0. The zero-order valence-electron chi connectivity index (χ0n) is 17.4. The Hall–Kier alpha value is -2.56. The molecule has 1 saturated heterocycles. The van der Waals surface area contributed by atoms with E-state index in [-0.39, 0.29) is 23.7 Å². The van der Waals surface area contributed by atoms with E-state index in [1.165, 1.54) is 42.6 Å². The maximum Gasteiger partial charge on any atom is 0.225 e. The van der Waals surface area contributed by atoms with E-state index in [1.807, 2.05) is 12.1 Å². The lowest BCUT2D eigenvalue weighted by Crippen LogP contribution is -2.61. The fourth-order valence-corrected chi connectivity index (χ4v) is 5.50. The second-order valence-electron chi connectivity index (χ2n) is 8.97. The average molecular weight is 408 g/mol. The Kier molecular flexibility index (Phi) is 5.36. The van der Waals surface area contributed by atoms with Gasteiger partial charge in [-0.1, -0.05) is 37.5 Å². The van der Waals surface area contributed by atoms with Gasteiger partial charge in [0.1, 0.15) is 5.82 Å². The molecule has 1 amide bonds. The monoisotopic (exact) mass is 407 g/mol. The molecule has 4 nitrogen and oxygen atoms in total. The molecule has 0 unspecified atom stereocenters. The topological polar surface area (TPSA) is 35.6 Å². The van der Waals surface area contributed by atoms with Crippen molar-refractivity contribution in [2.24, 2.45) is 5.92 Å². The molecule has 1 N–H and O–H groups in total. The Morgan fingerprint density at radius 3 is 2.53 bits per heavy atom. The second-order valence-corrected chi connectivity index (χ2v) is 8.97. The average Bonchev–Trinajstić information content (AvgIpc) is 2.79. The molecule has 2 heterocycles. The van der Waals surface area contributed by atoms with Crippen LogP contribution in [0, 0.1) is 11.7 Å². The molecule has 158 valence electrons. The van der Waals surface area contributed by atoms with Crippen molar-refractivity contribution < 1.29 is 9.18 Å². The van der Waals surface area contributed by atoms with E-state index < -0.39 is 0 Å². The number of hydrogen-bond acceptors (Lipinski definition) is 3. The van der Waals surface area contributed by atoms with Gasteiger partial charge in [-0.25, -0.2) is 4.39 Å². The first-order chi connectivity index (χ1) is 14.7. The standard InChI is InChI=1S/C25H30FN3O/c26-19-10-12-21(13-11-19)28-14-15-29-23-9-5-4-6-18(23)16-22(24(29)17-28)25(30)27-20-7-2-1-3-8-20/h4-6,9-13,20,22,24H,1-3,7-8,14-17H2,(H,27,30)/t22-,24-/m1/s1. The molecule has 1 saturated carbocycles. The predicted molar refractivity (Wildman–Crippen MR) is 118 cm³/mol. The Morgan fingerprint density at radius 2 is 1.73 bits per heavy atom. The molecule has 0 radical (unpaired) electrons. The minimum atomic E-state index is -0.214. The van der Waals surface area contributed by atoms with Gasteiger partial charge in [-0.05, 0) is 55.2 Å². The number of nitrogens with one attached hydrogen (secondary N) is 1.